The van der Waals surface area contributed by atoms with Gasteiger partial charge in [0.2, 0.25) is 0 Å². The molecule has 0 heterocycles. The average Bonchev–Trinajstić information content (AvgIpc) is 3.05. The van der Waals surface area contributed by atoms with Gasteiger partial charge in [0.25, 0.3) is 0 Å². The van der Waals surface area contributed by atoms with Crippen molar-refractivity contribution in [3.63, 3.8) is 0 Å². The van der Waals surface area contributed by atoms with Crippen LogP contribution in [0.15, 0.2) is 42.0 Å². The molecule has 0 amide bonds. The number of hydrogen-bond acceptors (Lipinski definition) is 0. The van der Waals surface area contributed by atoms with Gasteiger partial charge in [-0.15, -0.1) is 0 Å². The molecule has 0 nitrogen and oxygen atoms in total. The first-order valence-corrected chi connectivity index (χ1v) is 10.6. The summed E-state index contributed by atoms with van der Waals surface area (Å²) in [6.07, 6.45) is 14.6. The molecular formula is C26H32Zr. The standard InChI is InChI=1S/C26H32.Zr/c1-3-7-20-10-12-23(13-11-20)25-15-19(2)14-24-17-22(18-26(24)25)16-21-8-5-4-6-9-21;/h10-15,18,21H,3-9,16-17H2,1-2H3;. The van der Waals surface area contributed by atoms with Crippen molar-refractivity contribution in [1.82, 2.24) is 0 Å². The summed E-state index contributed by atoms with van der Waals surface area (Å²) in [6, 6.07) is 14.1. The normalized spacial score (nSPS) is 16.6. The van der Waals surface area contributed by atoms with Crippen LogP contribution < -0.4 is 0 Å². The van der Waals surface area contributed by atoms with Crippen LogP contribution in [0.25, 0.3) is 17.2 Å². The summed E-state index contributed by atoms with van der Waals surface area (Å²) in [5.41, 5.74) is 10.4. The minimum Gasteiger partial charge on any atom is -0.0651 e. The van der Waals surface area contributed by atoms with E-state index >= 15 is 0 Å². The summed E-state index contributed by atoms with van der Waals surface area (Å²) in [7, 11) is 0. The fourth-order valence-electron chi connectivity index (χ4n) is 4.96. The molecule has 0 aliphatic heterocycles. The van der Waals surface area contributed by atoms with Crippen LogP contribution in [0.1, 0.15) is 74.1 Å². The number of aryl methyl sites for hydroxylation is 2. The number of rotatable bonds is 5. The van der Waals surface area contributed by atoms with Gasteiger partial charge in [-0.2, -0.15) is 0 Å². The van der Waals surface area contributed by atoms with Crippen molar-refractivity contribution in [1.29, 1.82) is 0 Å². The van der Waals surface area contributed by atoms with E-state index in [-0.39, 0.29) is 26.2 Å². The predicted octanol–water partition coefficient (Wildman–Crippen LogP) is 7.52. The van der Waals surface area contributed by atoms with Crippen LogP contribution in [0.3, 0.4) is 0 Å². The SMILES string of the molecule is CCCc1ccc(-c2cc(C)cc3c2C=C(CC2CCCCC2)C3)cc1.[Zr]. The van der Waals surface area contributed by atoms with Crippen molar-refractivity contribution >= 4 is 6.08 Å². The molecular weight excluding hydrogens is 404 g/mol. The molecule has 0 unspecified atom stereocenters. The van der Waals surface area contributed by atoms with Crippen LogP contribution in [-0.2, 0) is 39.0 Å². The summed E-state index contributed by atoms with van der Waals surface area (Å²) >= 11 is 0. The molecule has 2 aromatic carbocycles. The Morgan fingerprint density at radius 2 is 1.70 bits per heavy atom. The van der Waals surface area contributed by atoms with Gasteiger partial charge in [0.1, 0.15) is 0 Å². The molecule has 1 fully saturated rings. The predicted molar refractivity (Wildman–Crippen MR) is 113 cm³/mol. The first-order chi connectivity index (χ1) is 12.7. The van der Waals surface area contributed by atoms with E-state index in [1.807, 2.05) is 0 Å². The average molecular weight is 436 g/mol. The molecule has 0 radical (unpaired) electrons. The van der Waals surface area contributed by atoms with Gasteiger partial charge in [-0.05, 0) is 59.9 Å². The largest absolute Gasteiger partial charge is 0.0651 e. The minimum absolute atomic E-state index is 0. The van der Waals surface area contributed by atoms with Gasteiger partial charge in [-0.25, -0.2) is 0 Å². The van der Waals surface area contributed by atoms with E-state index in [2.05, 4.69) is 56.3 Å². The number of benzene rings is 2. The Morgan fingerprint density at radius 1 is 0.963 bits per heavy atom. The van der Waals surface area contributed by atoms with E-state index in [1.165, 1.54) is 85.6 Å². The zero-order valence-corrected chi connectivity index (χ0v) is 19.4. The van der Waals surface area contributed by atoms with Crippen molar-refractivity contribution in [3.05, 3.63) is 64.2 Å². The number of hydrogen-bond donors (Lipinski definition) is 0. The van der Waals surface area contributed by atoms with Crippen LogP contribution in [0.2, 0.25) is 0 Å². The number of fused-ring (bicyclic) bond motifs is 1. The molecule has 1 heteroatoms. The van der Waals surface area contributed by atoms with E-state index in [1.54, 1.807) is 11.1 Å². The van der Waals surface area contributed by atoms with Gasteiger partial charge in [-0.1, -0.05) is 99.1 Å². The Kier molecular flexibility index (Phi) is 7.32. The molecule has 2 aliphatic rings. The molecule has 27 heavy (non-hydrogen) atoms. The maximum absolute atomic E-state index is 2.53. The van der Waals surface area contributed by atoms with Crippen LogP contribution in [-0.4, -0.2) is 0 Å². The Hall–Kier alpha value is -0.937. The molecule has 4 rings (SSSR count). The van der Waals surface area contributed by atoms with Crippen molar-refractivity contribution in [3.8, 4) is 11.1 Å². The van der Waals surface area contributed by atoms with Crippen LogP contribution in [0, 0.1) is 12.8 Å². The van der Waals surface area contributed by atoms with Gasteiger partial charge >= 0.3 is 0 Å². The Labute approximate surface area is 184 Å². The Bertz CT molecular complexity index is 792. The zero-order chi connectivity index (χ0) is 17.9. The molecule has 0 N–H and O–H groups in total. The van der Waals surface area contributed by atoms with Gasteiger partial charge in [0.15, 0.2) is 0 Å². The van der Waals surface area contributed by atoms with E-state index in [0.717, 1.165) is 5.92 Å². The van der Waals surface area contributed by atoms with Gasteiger partial charge in [-0.3, -0.25) is 0 Å². The molecule has 2 aromatic rings. The van der Waals surface area contributed by atoms with Gasteiger partial charge in [0, 0.05) is 26.2 Å². The third kappa shape index (κ3) is 4.92. The maximum atomic E-state index is 2.53. The van der Waals surface area contributed by atoms with Crippen LogP contribution >= 0.6 is 0 Å². The molecule has 1 saturated carbocycles. The quantitative estimate of drug-likeness (QED) is 0.455. The second-order valence-corrected chi connectivity index (χ2v) is 8.52. The van der Waals surface area contributed by atoms with E-state index in [9.17, 15) is 0 Å². The van der Waals surface area contributed by atoms with Crippen LogP contribution in [0.5, 0.6) is 0 Å². The summed E-state index contributed by atoms with van der Waals surface area (Å²) in [5.74, 6) is 0.933. The van der Waals surface area contributed by atoms with E-state index in [0.29, 0.717) is 0 Å². The summed E-state index contributed by atoms with van der Waals surface area (Å²) in [5, 5.41) is 0. The fraction of sp³-hybridized carbons (Fsp3) is 0.462. The van der Waals surface area contributed by atoms with Gasteiger partial charge in [0.05, 0.1) is 0 Å². The molecule has 0 bridgehead atoms. The number of allylic oxidation sites excluding steroid dienone is 1. The minimum atomic E-state index is 0. The first kappa shape index (κ1) is 20.8. The Balaban J connectivity index is 0.00000210. The van der Waals surface area contributed by atoms with E-state index < -0.39 is 0 Å². The Morgan fingerprint density at radius 3 is 2.41 bits per heavy atom. The zero-order valence-electron chi connectivity index (χ0n) is 17.0. The first-order valence-electron chi connectivity index (χ1n) is 10.6. The van der Waals surface area contributed by atoms with Crippen molar-refractivity contribution < 1.29 is 26.2 Å². The van der Waals surface area contributed by atoms with Crippen molar-refractivity contribution in [2.75, 3.05) is 0 Å². The summed E-state index contributed by atoms with van der Waals surface area (Å²) < 4.78 is 0. The second-order valence-electron chi connectivity index (χ2n) is 8.52. The molecule has 140 valence electrons. The summed E-state index contributed by atoms with van der Waals surface area (Å²) in [4.78, 5) is 0. The maximum Gasteiger partial charge on any atom is 0 e. The molecule has 0 spiro atoms. The smallest absolute Gasteiger partial charge is 0 e. The third-order valence-electron chi connectivity index (χ3n) is 6.26. The van der Waals surface area contributed by atoms with Gasteiger partial charge < -0.3 is 0 Å². The second kappa shape index (κ2) is 9.51. The van der Waals surface area contributed by atoms with Crippen molar-refractivity contribution in [2.24, 2.45) is 5.92 Å². The summed E-state index contributed by atoms with van der Waals surface area (Å²) in [6.45, 7) is 4.49. The topological polar surface area (TPSA) is 0 Å². The molecule has 0 atom stereocenters. The monoisotopic (exact) mass is 434 g/mol. The molecule has 0 saturated heterocycles. The third-order valence-corrected chi connectivity index (χ3v) is 6.26. The molecule has 0 aromatic heterocycles. The van der Waals surface area contributed by atoms with Crippen LogP contribution in [0.4, 0.5) is 0 Å². The fourth-order valence-corrected chi connectivity index (χ4v) is 4.96. The van der Waals surface area contributed by atoms with E-state index in [4.69, 9.17) is 0 Å². The van der Waals surface area contributed by atoms with Crippen molar-refractivity contribution in [2.45, 2.75) is 71.6 Å². The molecule has 2 aliphatic carbocycles.